The zero-order valence-corrected chi connectivity index (χ0v) is 17.0. The van der Waals surface area contributed by atoms with Gasteiger partial charge in [0.2, 0.25) is 0 Å². The van der Waals surface area contributed by atoms with E-state index in [4.69, 9.17) is 35.3 Å². The lowest BCUT2D eigenvalue weighted by Gasteiger charge is -2.29. The van der Waals surface area contributed by atoms with Crippen molar-refractivity contribution in [2.75, 3.05) is 11.9 Å². The maximum Gasteiger partial charge on any atom is 0.319 e. The fourth-order valence-corrected chi connectivity index (χ4v) is 3.87. The van der Waals surface area contributed by atoms with Crippen LogP contribution < -0.4 is 10.6 Å². The van der Waals surface area contributed by atoms with Crippen LogP contribution in [-0.4, -0.2) is 54.9 Å². The summed E-state index contributed by atoms with van der Waals surface area (Å²) in [6.45, 7) is 7.67. The number of anilines is 1. The minimum atomic E-state index is -0.792. The summed E-state index contributed by atoms with van der Waals surface area (Å²) < 4.78 is 29.5. The van der Waals surface area contributed by atoms with Crippen molar-refractivity contribution in [3.8, 4) is 0 Å². The van der Waals surface area contributed by atoms with Crippen LogP contribution in [0, 0.1) is 0 Å². The maximum atomic E-state index is 12.6. The highest BCUT2D eigenvalue weighted by atomic mass is 35.5. The molecule has 9 heteroatoms. The number of hydrogen-bond donors (Lipinski definition) is 2. The Morgan fingerprint density at radius 3 is 2.39 bits per heavy atom. The Hall–Kier alpha value is -1.42. The average molecular weight is 413 g/mol. The summed E-state index contributed by atoms with van der Waals surface area (Å²) >= 11 is 5.89. The SMILES string of the molecule is CC1(C)O[C@H]2O[C@H]([C@H]3COC(C)(C)O3)[C@@H](NC(=O)Nc3ccc(Cl)cc3)[C@H]2O1. The molecule has 8 nitrogen and oxygen atoms in total. The number of rotatable bonds is 3. The molecule has 154 valence electrons. The monoisotopic (exact) mass is 412 g/mol. The Labute approximate surface area is 168 Å². The summed E-state index contributed by atoms with van der Waals surface area (Å²) in [4.78, 5) is 12.6. The molecule has 3 fully saturated rings. The first-order chi connectivity index (χ1) is 13.1. The van der Waals surface area contributed by atoms with E-state index >= 15 is 0 Å². The third kappa shape index (κ3) is 4.12. The van der Waals surface area contributed by atoms with Gasteiger partial charge in [-0.25, -0.2) is 4.79 Å². The predicted octanol–water partition coefficient (Wildman–Crippen LogP) is 2.86. The van der Waals surface area contributed by atoms with Crippen molar-refractivity contribution in [3.05, 3.63) is 29.3 Å². The van der Waals surface area contributed by atoms with Gasteiger partial charge in [-0.1, -0.05) is 11.6 Å². The summed E-state index contributed by atoms with van der Waals surface area (Å²) in [7, 11) is 0. The number of urea groups is 1. The van der Waals surface area contributed by atoms with Gasteiger partial charge < -0.3 is 34.3 Å². The number of nitrogens with one attached hydrogen (secondary N) is 2. The van der Waals surface area contributed by atoms with Gasteiger partial charge in [-0.15, -0.1) is 0 Å². The molecule has 0 aromatic heterocycles. The molecule has 0 spiro atoms. The van der Waals surface area contributed by atoms with Crippen LogP contribution in [0.1, 0.15) is 27.7 Å². The van der Waals surface area contributed by atoms with Gasteiger partial charge >= 0.3 is 6.03 Å². The number of fused-ring (bicyclic) bond motifs is 1. The van der Waals surface area contributed by atoms with Gasteiger partial charge in [0.25, 0.3) is 0 Å². The van der Waals surface area contributed by atoms with Crippen LogP contribution in [-0.2, 0) is 23.7 Å². The molecule has 3 heterocycles. The van der Waals surface area contributed by atoms with Gasteiger partial charge in [-0.2, -0.15) is 0 Å². The first-order valence-corrected chi connectivity index (χ1v) is 9.66. The highest BCUT2D eigenvalue weighted by Crippen LogP contribution is 2.40. The molecule has 2 amide bonds. The predicted molar refractivity (Wildman–Crippen MR) is 101 cm³/mol. The van der Waals surface area contributed by atoms with E-state index in [9.17, 15) is 4.79 Å². The van der Waals surface area contributed by atoms with Gasteiger partial charge in [-0.05, 0) is 52.0 Å². The van der Waals surface area contributed by atoms with Crippen LogP contribution >= 0.6 is 11.6 Å². The van der Waals surface area contributed by atoms with Gasteiger partial charge in [0, 0.05) is 10.7 Å². The minimum absolute atomic E-state index is 0.350. The second kappa shape index (κ2) is 7.12. The molecule has 2 N–H and O–H groups in total. The third-order valence-electron chi connectivity index (χ3n) is 4.88. The number of ether oxygens (including phenoxy) is 5. The van der Waals surface area contributed by atoms with E-state index in [0.717, 1.165) is 0 Å². The Morgan fingerprint density at radius 1 is 1.04 bits per heavy atom. The van der Waals surface area contributed by atoms with E-state index in [1.807, 2.05) is 27.7 Å². The van der Waals surface area contributed by atoms with E-state index in [-0.39, 0.29) is 12.1 Å². The molecular formula is C19H25ClN2O6. The van der Waals surface area contributed by atoms with Crippen LogP contribution in [0.5, 0.6) is 0 Å². The largest absolute Gasteiger partial charge is 0.348 e. The summed E-state index contributed by atoms with van der Waals surface area (Å²) in [5.74, 6) is -1.50. The quantitative estimate of drug-likeness (QED) is 0.793. The zero-order valence-electron chi connectivity index (χ0n) is 16.2. The van der Waals surface area contributed by atoms with Crippen molar-refractivity contribution < 1.29 is 28.5 Å². The van der Waals surface area contributed by atoms with E-state index in [2.05, 4.69) is 10.6 Å². The van der Waals surface area contributed by atoms with Gasteiger partial charge in [0.1, 0.15) is 18.3 Å². The van der Waals surface area contributed by atoms with Crippen molar-refractivity contribution in [2.24, 2.45) is 0 Å². The number of carbonyl (C=O) groups is 1. The molecule has 4 rings (SSSR count). The molecule has 5 atom stereocenters. The molecule has 0 saturated carbocycles. The molecule has 1 aromatic carbocycles. The molecule has 3 aliphatic rings. The summed E-state index contributed by atoms with van der Waals surface area (Å²) in [5, 5.41) is 6.34. The van der Waals surface area contributed by atoms with Crippen molar-refractivity contribution in [3.63, 3.8) is 0 Å². The highest BCUT2D eigenvalue weighted by Gasteiger charge is 2.58. The van der Waals surface area contributed by atoms with Crippen LogP contribution in [0.25, 0.3) is 0 Å². The van der Waals surface area contributed by atoms with Crippen LogP contribution in [0.4, 0.5) is 10.5 Å². The number of benzene rings is 1. The summed E-state index contributed by atoms with van der Waals surface area (Å²) in [6, 6.07) is 6.01. The van der Waals surface area contributed by atoms with Crippen LogP contribution in [0.15, 0.2) is 24.3 Å². The number of halogens is 1. The third-order valence-corrected chi connectivity index (χ3v) is 5.14. The zero-order chi connectivity index (χ0) is 20.1. The smallest absolute Gasteiger partial charge is 0.319 e. The number of carbonyl (C=O) groups excluding carboxylic acids is 1. The van der Waals surface area contributed by atoms with Crippen molar-refractivity contribution in [1.29, 1.82) is 0 Å². The maximum absolute atomic E-state index is 12.6. The van der Waals surface area contributed by atoms with Crippen LogP contribution in [0.2, 0.25) is 5.02 Å². The van der Waals surface area contributed by atoms with Crippen LogP contribution in [0.3, 0.4) is 0 Å². The Balaban J connectivity index is 1.48. The molecule has 3 aliphatic heterocycles. The Bertz CT molecular complexity index is 740. The fourth-order valence-electron chi connectivity index (χ4n) is 3.74. The highest BCUT2D eigenvalue weighted by molar-refractivity contribution is 6.30. The summed E-state index contributed by atoms with van der Waals surface area (Å²) in [5.41, 5.74) is 0.624. The molecule has 0 radical (unpaired) electrons. The second-order valence-corrected chi connectivity index (χ2v) is 8.50. The van der Waals surface area contributed by atoms with Gasteiger partial charge in [-0.3, -0.25) is 0 Å². The molecule has 3 saturated heterocycles. The Kier molecular flexibility index (Phi) is 5.06. The minimum Gasteiger partial charge on any atom is -0.348 e. The lowest BCUT2D eigenvalue weighted by Crippen LogP contribution is -2.53. The average Bonchev–Trinajstić information content (AvgIpc) is 3.20. The molecule has 0 bridgehead atoms. The van der Waals surface area contributed by atoms with E-state index in [1.165, 1.54) is 0 Å². The normalized spacial score (nSPS) is 35.5. The standard InChI is InChI=1S/C19H25ClN2O6/c1-18(2)24-9-12(26-18)14-13(15-16(25-14)28-19(3,4)27-15)22-17(23)21-11-7-5-10(20)6-8-11/h5-8,12-16H,9H2,1-4H3,(H2,21,22,23)/t12-,13-,14-,15-,16-/m1/s1. The lowest BCUT2D eigenvalue weighted by molar-refractivity contribution is -0.223. The van der Waals surface area contributed by atoms with Gasteiger partial charge in [0.15, 0.2) is 17.9 Å². The number of hydrogen-bond acceptors (Lipinski definition) is 6. The van der Waals surface area contributed by atoms with Crippen molar-refractivity contribution in [2.45, 2.75) is 69.9 Å². The second-order valence-electron chi connectivity index (χ2n) is 8.07. The van der Waals surface area contributed by atoms with E-state index < -0.39 is 36.1 Å². The van der Waals surface area contributed by atoms with E-state index in [0.29, 0.717) is 17.3 Å². The molecule has 1 aromatic rings. The van der Waals surface area contributed by atoms with E-state index in [1.54, 1.807) is 24.3 Å². The molecule has 0 unspecified atom stereocenters. The first kappa shape index (κ1) is 19.9. The molecule has 0 aliphatic carbocycles. The van der Waals surface area contributed by atoms with Crippen molar-refractivity contribution >= 4 is 23.3 Å². The van der Waals surface area contributed by atoms with Gasteiger partial charge in [0.05, 0.1) is 12.6 Å². The van der Waals surface area contributed by atoms with Crippen molar-refractivity contribution in [1.82, 2.24) is 5.32 Å². The molecular weight excluding hydrogens is 388 g/mol. The first-order valence-electron chi connectivity index (χ1n) is 9.28. The number of amides is 2. The summed E-state index contributed by atoms with van der Waals surface area (Å²) in [6.07, 6.45) is -1.86. The fraction of sp³-hybridized carbons (Fsp3) is 0.632. The molecule has 28 heavy (non-hydrogen) atoms. The lowest BCUT2D eigenvalue weighted by atomic mass is 10.0. The topological polar surface area (TPSA) is 87.3 Å². The Morgan fingerprint density at radius 2 is 1.75 bits per heavy atom.